The Labute approximate surface area is 86.8 Å². The van der Waals surface area contributed by atoms with Crippen molar-refractivity contribution in [3.05, 3.63) is 23.5 Å². The van der Waals surface area contributed by atoms with E-state index in [1.165, 1.54) is 0 Å². The van der Waals surface area contributed by atoms with Crippen LogP contribution in [0.3, 0.4) is 0 Å². The van der Waals surface area contributed by atoms with Crippen molar-refractivity contribution in [3.8, 4) is 5.13 Å². The largest absolute Gasteiger partial charge is 0.375 e. The molecular weight excluding hydrogens is 196 g/mol. The summed E-state index contributed by atoms with van der Waals surface area (Å²) in [5, 5.41) is 7.18. The van der Waals surface area contributed by atoms with Crippen LogP contribution in [0, 0.1) is 6.92 Å². The molecule has 0 atom stereocenters. The molecule has 0 amide bonds. The van der Waals surface area contributed by atoms with Gasteiger partial charge in [0.2, 0.25) is 5.13 Å². The van der Waals surface area contributed by atoms with Crippen molar-refractivity contribution in [1.29, 1.82) is 0 Å². The minimum Gasteiger partial charge on any atom is -0.375 e. The second kappa shape index (κ2) is 3.42. The highest BCUT2D eigenvalue weighted by Crippen LogP contribution is 2.16. The number of aromatic nitrogens is 3. The van der Waals surface area contributed by atoms with Crippen molar-refractivity contribution in [2.75, 3.05) is 19.0 Å². The van der Waals surface area contributed by atoms with Gasteiger partial charge in [0, 0.05) is 19.5 Å². The van der Waals surface area contributed by atoms with Crippen LogP contribution in [-0.4, -0.2) is 28.9 Å². The number of hydrogen-bond donors (Lipinski definition) is 0. The van der Waals surface area contributed by atoms with Gasteiger partial charge in [0.25, 0.3) is 0 Å². The lowest BCUT2D eigenvalue weighted by molar-refractivity contribution is 0.865. The van der Waals surface area contributed by atoms with Crippen LogP contribution < -0.4 is 4.90 Å². The van der Waals surface area contributed by atoms with Gasteiger partial charge in [-0.25, -0.2) is 9.67 Å². The van der Waals surface area contributed by atoms with Crippen molar-refractivity contribution < 1.29 is 0 Å². The topological polar surface area (TPSA) is 34.0 Å². The van der Waals surface area contributed by atoms with Gasteiger partial charge in [0.05, 0.1) is 23.8 Å². The Bertz CT molecular complexity index is 429. The molecule has 2 aromatic heterocycles. The van der Waals surface area contributed by atoms with Crippen molar-refractivity contribution in [2.24, 2.45) is 0 Å². The summed E-state index contributed by atoms with van der Waals surface area (Å²) >= 11 is 1.60. The van der Waals surface area contributed by atoms with E-state index in [4.69, 9.17) is 0 Å². The molecule has 0 spiro atoms. The average Bonchev–Trinajstić information content (AvgIpc) is 2.70. The average molecular weight is 208 g/mol. The Morgan fingerprint density at radius 3 is 2.71 bits per heavy atom. The first-order chi connectivity index (χ1) is 6.66. The first kappa shape index (κ1) is 9.21. The third kappa shape index (κ3) is 1.63. The number of aryl methyl sites for hydroxylation is 1. The Morgan fingerprint density at radius 2 is 2.21 bits per heavy atom. The summed E-state index contributed by atoms with van der Waals surface area (Å²) in [4.78, 5) is 6.37. The summed E-state index contributed by atoms with van der Waals surface area (Å²) in [6, 6.07) is 0. The van der Waals surface area contributed by atoms with E-state index in [9.17, 15) is 0 Å². The number of anilines is 1. The summed E-state index contributed by atoms with van der Waals surface area (Å²) in [7, 11) is 3.99. The van der Waals surface area contributed by atoms with Crippen LogP contribution >= 0.6 is 11.3 Å². The van der Waals surface area contributed by atoms with Gasteiger partial charge in [0.15, 0.2) is 0 Å². The fourth-order valence-corrected chi connectivity index (χ4v) is 1.83. The first-order valence-corrected chi connectivity index (χ1v) is 5.19. The zero-order chi connectivity index (χ0) is 10.1. The number of nitrogens with zero attached hydrogens (tertiary/aromatic N) is 4. The highest BCUT2D eigenvalue weighted by Gasteiger charge is 2.04. The zero-order valence-corrected chi connectivity index (χ0v) is 9.25. The zero-order valence-electron chi connectivity index (χ0n) is 8.43. The lowest BCUT2D eigenvalue weighted by Crippen LogP contribution is -2.07. The molecule has 0 radical (unpaired) electrons. The Morgan fingerprint density at radius 1 is 1.43 bits per heavy atom. The number of hydrogen-bond acceptors (Lipinski definition) is 4. The molecule has 2 heterocycles. The molecule has 4 nitrogen and oxygen atoms in total. The van der Waals surface area contributed by atoms with E-state index in [-0.39, 0.29) is 0 Å². The maximum absolute atomic E-state index is 4.35. The fraction of sp³-hybridized carbons (Fsp3) is 0.333. The molecule has 0 saturated carbocycles. The van der Waals surface area contributed by atoms with Crippen LogP contribution in [0.25, 0.3) is 5.13 Å². The van der Waals surface area contributed by atoms with E-state index in [2.05, 4.69) is 10.1 Å². The highest BCUT2D eigenvalue weighted by molar-refractivity contribution is 7.12. The van der Waals surface area contributed by atoms with E-state index in [1.54, 1.807) is 16.0 Å². The van der Waals surface area contributed by atoms with E-state index >= 15 is 0 Å². The van der Waals surface area contributed by atoms with Gasteiger partial charge in [-0.2, -0.15) is 5.10 Å². The minimum atomic E-state index is 0.913. The summed E-state index contributed by atoms with van der Waals surface area (Å²) in [5.41, 5.74) is 2.12. The van der Waals surface area contributed by atoms with Gasteiger partial charge < -0.3 is 4.90 Å². The molecule has 0 aromatic carbocycles. The molecule has 0 N–H and O–H groups in total. The van der Waals surface area contributed by atoms with Crippen LogP contribution in [-0.2, 0) is 0 Å². The van der Waals surface area contributed by atoms with Gasteiger partial charge in [-0.1, -0.05) is 0 Å². The molecule has 0 aliphatic rings. The molecule has 2 aromatic rings. The third-order valence-corrected chi connectivity index (χ3v) is 2.84. The molecule has 2 rings (SSSR count). The monoisotopic (exact) mass is 208 g/mol. The van der Waals surface area contributed by atoms with E-state index in [0.717, 1.165) is 16.5 Å². The molecule has 0 aliphatic carbocycles. The molecular formula is C9H12N4S. The summed E-state index contributed by atoms with van der Waals surface area (Å²) in [6.45, 7) is 1.98. The molecule has 0 aliphatic heterocycles. The smallest absolute Gasteiger partial charge is 0.210 e. The second-order valence-electron chi connectivity index (χ2n) is 3.31. The summed E-state index contributed by atoms with van der Waals surface area (Å²) in [5.74, 6) is 0. The molecule has 74 valence electrons. The predicted octanol–water partition coefficient (Wildman–Crippen LogP) is 1.70. The van der Waals surface area contributed by atoms with Crippen LogP contribution in [0.4, 0.5) is 5.69 Å². The fourth-order valence-electron chi connectivity index (χ4n) is 1.10. The quantitative estimate of drug-likeness (QED) is 0.753. The molecule has 0 unspecified atom stereocenters. The van der Waals surface area contributed by atoms with Crippen molar-refractivity contribution >= 4 is 17.0 Å². The van der Waals surface area contributed by atoms with Crippen LogP contribution in [0.15, 0.2) is 17.8 Å². The van der Waals surface area contributed by atoms with Gasteiger partial charge >= 0.3 is 0 Å². The lowest BCUT2D eigenvalue weighted by atomic mass is 10.5. The number of thiazole rings is 1. The molecule has 0 fully saturated rings. The van der Waals surface area contributed by atoms with Crippen LogP contribution in [0.1, 0.15) is 5.69 Å². The first-order valence-electron chi connectivity index (χ1n) is 4.31. The third-order valence-electron chi connectivity index (χ3n) is 1.89. The SMILES string of the molecule is Cc1csc(-n2cc(N(C)C)cn2)n1. The van der Waals surface area contributed by atoms with Gasteiger partial charge in [-0.3, -0.25) is 0 Å². The Balaban J connectivity index is 2.33. The molecule has 5 heteroatoms. The summed E-state index contributed by atoms with van der Waals surface area (Å²) < 4.78 is 1.80. The normalized spacial score (nSPS) is 10.5. The van der Waals surface area contributed by atoms with E-state index < -0.39 is 0 Å². The van der Waals surface area contributed by atoms with Crippen molar-refractivity contribution in [2.45, 2.75) is 6.92 Å². The van der Waals surface area contributed by atoms with Gasteiger partial charge in [-0.05, 0) is 6.92 Å². The maximum Gasteiger partial charge on any atom is 0.210 e. The predicted molar refractivity (Wildman–Crippen MR) is 58.3 cm³/mol. The summed E-state index contributed by atoms with van der Waals surface area (Å²) in [6.07, 6.45) is 3.80. The minimum absolute atomic E-state index is 0.913. The van der Waals surface area contributed by atoms with E-state index in [0.29, 0.717) is 0 Å². The lowest BCUT2D eigenvalue weighted by Gasteiger charge is -2.06. The Kier molecular flexibility index (Phi) is 2.25. The second-order valence-corrected chi connectivity index (χ2v) is 4.15. The van der Waals surface area contributed by atoms with Gasteiger partial charge in [-0.15, -0.1) is 11.3 Å². The van der Waals surface area contributed by atoms with Gasteiger partial charge in [0.1, 0.15) is 0 Å². The molecule has 14 heavy (non-hydrogen) atoms. The highest BCUT2D eigenvalue weighted by atomic mass is 32.1. The molecule has 0 bridgehead atoms. The van der Waals surface area contributed by atoms with Crippen LogP contribution in [0.2, 0.25) is 0 Å². The van der Waals surface area contributed by atoms with E-state index in [1.807, 2.05) is 43.7 Å². The van der Waals surface area contributed by atoms with Crippen LogP contribution in [0.5, 0.6) is 0 Å². The maximum atomic E-state index is 4.35. The number of rotatable bonds is 2. The Hall–Kier alpha value is -1.36. The van der Waals surface area contributed by atoms with Crippen molar-refractivity contribution in [3.63, 3.8) is 0 Å². The van der Waals surface area contributed by atoms with Crippen molar-refractivity contribution in [1.82, 2.24) is 14.8 Å². The molecule has 0 saturated heterocycles. The standard InChI is InChI=1S/C9H12N4S/c1-7-6-14-9(11-7)13-5-8(4-10-13)12(2)3/h4-6H,1-3H3.